The molecule has 1 N–H and O–H groups in total. The van der Waals surface area contributed by atoms with Gasteiger partial charge in [0.2, 0.25) is 0 Å². The summed E-state index contributed by atoms with van der Waals surface area (Å²) in [5.41, 5.74) is -0.0324. The zero-order valence-corrected chi connectivity index (χ0v) is 13.0. The molecule has 0 radical (unpaired) electrons. The number of H-pyrrole nitrogens is 1. The maximum atomic E-state index is 11.7. The maximum Gasteiger partial charge on any atom is 0.252 e. The van der Waals surface area contributed by atoms with Gasteiger partial charge in [-0.1, -0.05) is 13.3 Å². The molecule has 0 unspecified atom stereocenters. The number of aromatic nitrogens is 2. The molecular formula is C16H26N4O. The van der Waals surface area contributed by atoms with E-state index in [4.69, 9.17) is 0 Å². The van der Waals surface area contributed by atoms with Gasteiger partial charge in [0.25, 0.3) is 5.56 Å². The second kappa shape index (κ2) is 6.60. The van der Waals surface area contributed by atoms with E-state index in [1.54, 1.807) is 6.07 Å². The zero-order chi connectivity index (χ0) is 14.7. The highest BCUT2D eigenvalue weighted by Gasteiger charge is 2.26. The monoisotopic (exact) mass is 290 g/mol. The van der Waals surface area contributed by atoms with Gasteiger partial charge in [0, 0.05) is 31.6 Å². The topological polar surface area (TPSA) is 52.2 Å². The van der Waals surface area contributed by atoms with Crippen LogP contribution in [0.5, 0.6) is 0 Å². The van der Waals surface area contributed by atoms with Crippen LogP contribution in [0.2, 0.25) is 0 Å². The molecule has 21 heavy (non-hydrogen) atoms. The summed E-state index contributed by atoms with van der Waals surface area (Å²) in [4.78, 5) is 24.0. The second-order valence-corrected chi connectivity index (χ2v) is 6.22. The molecular weight excluding hydrogens is 264 g/mol. The number of nitrogens with zero attached hydrogens (tertiary/aromatic N) is 3. The fourth-order valence-corrected chi connectivity index (χ4v) is 3.57. The van der Waals surface area contributed by atoms with Crippen LogP contribution >= 0.6 is 0 Å². The number of aromatic amines is 1. The van der Waals surface area contributed by atoms with Crippen molar-refractivity contribution in [3.63, 3.8) is 0 Å². The molecule has 5 nitrogen and oxygen atoms in total. The lowest BCUT2D eigenvalue weighted by Gasteiger charge is -2.40. The lowest BCUT2D eigenvalue weighted by Crippen LogP contribution is -2.47. The first-order chi connectivity index (χ1) is 10.3. The van der Waals surface area contributed by atoms with Gasteiger partial charge in [-0.15, -0.1) is 0 Å². The number of anilines is 1. The van der Waals surface area contributed by atoms with Crippen LogP contribution in [0.4, 0.5) is 5.82 Å². The second-order valence-electron chi connectivity index (χ2n) is 6.22. The molecule has 2 saturated heterocycles. The van der Waals surface area contributed by atoms with Crippen LogP contribution in [-0.2, 0) is 6.42 Å². The molecule has 1 aromatic heterocycles. The van der Waals surface area contributed by atoms with E-state index < -0.39 is 0 Å². The van der Waals surface area contributed by atoms with Crippen LogP contribution < -0.4 is 10.5 Å². The van der Waals surface area contributed by atoms with Crippen molar-refractivity contribution >= 4 is 5.82 Å². The third kappa shape index (κ3) is 3.46. The molecule has 116 valence electrons. The molecule has 5 heteroatoms. The summed E-state index contributed by atoms with van der Waals surface area (Å²) in [5, 5.41) is 0. The average Bonchev–Trinajstić information content (AvgIpc) is 2.55. The number of hydrogen-bond donors (Lipinski definition) is 1. The Kier molecular flexibility index (Phi) is 4.58. The van der Waals surface area contributed by atoms with Gasteiger partial charge in [-0.25, -0.2) is 4.98 Å². The van der Waals surface area contributed by atoms with Crippen molar-refractivity contribution in [1.29, 1.82) is 0 Å². The largest absolute Gasteiger partial charge is 0.356 e. The number of piperidine rings is 2. The van der Waals surface area contributed by atoms with Crippen LogP contribution in [0.3, 0.4) is 0 Å². The molecule has 2 aliphatic heterocycles. The SMILES string of the molecule is CCc1nc(N2CCC(N3CCCCC3)CC2)cc(=O)[nH]1. The number of aryl methyl sites for hydroxylation is 1. The Bertz CT molecular complexity index is 513. The zero-order valence-electron chi connectivity index (χ0n) is 13.0. The maximum absolute atomic E-state index is 11.7. The molecule has 0 saturated carbocycles. The minimum atomic E-state index is -0.0324. The van der Waals surface area contributed by atoms with Crippen LogP contribution in [0, 0.1) is 0 Å². The number of rotatable bonds is 3. The van der Waals surface area contributed by atoms with Crippen molar-refractivity contribution < 1.29 is 0 Å². The summed E-state index contributed by atoms with van der Waals surface area (Å²) in [5.74, 6) is 1.64. The smallest absolute Gasteiger partial charge is 0.252 e. The highest BCUT2D eigenvalue weighted by molar-refractivity contribution is 5.38. The fourth-order valence-electron chi connectivity index (χ4n) is 3.57. The van der Waals surface area contributed by atoms with Gasteiger partial charge >= 0.3 is 0 Å². The van der Waals surface area contributed by atoms with E-state index in [1.807, 2.05) is 6.92 Å². The Labute approximate surface area is 126 Å². The summed E-state index contributed by atoms with van der Waals surface area (Å²) < 4.78 is 0. The highest BCUT2D eigenvalue weighted by atomic mass is 16.1. The quantitative estimate of drug-likeness (QED) is 0.922. The number of hydrogen-bond acceptors (Lipinski definition) is 4. The first kappa shape index (κ1) is 14.6. The normalized spacial score (nSPS) is 21.7. The molecule has 2 fully saturated rings. The Hall–Kier alpha value is -1.36. The molecule has 2 aliphatic rings. The van der Waals surface area contributed by atoms with Gasteiger partial charge in [0.05, 0.1) is 0 Å². The Balaban J connectivity index is 1.62. The van der Waals surface area contributed by atoms with E-state index in [-0.39, 0.29) is 5.56 Å². The molecule has 0 aromatic carbocycles. The Morgan fingerprint density at radius 1 is 1.19 bits per heavy atom. The first-order valence-electron chi connectivity index (χ1n) is 8.35. The van der Waals surface area contributed by atoms with Crippen molar-refractivity contribution in [2.75, 3.05) is 31.1 Å². The van der Waals surface area contributed by atoms with Crippen LogP contribution in [0.15, 0.2) is 10.9 Å². The average molecular weight is 290 g/mol. The molecule has 0 spiro atoms. The van der Waals surface area contributed by atoms with Gasteiger partial charge in [0.1, 0.15) is 11.6 Å². The van der Waals surface area contributed by atoms with Gasteiger partial charge in [-0.05, 0) is 38.8 Å². The van der Waals surface area contributed by atoms with Gasteiger partial charge in [-0.2, -0.15) is 0 Å². The third-order valence-electron chi connectivity index (χ3n) is 4.81. The fraction of sp³-hybridized carbons (Fsp3) is 0.750. The number of nitrogens with one attached hydrogen (secondary N) is 1. The third-order valence-corrected chi connectivity index (χ3v) is 4.81. The first-order valence-corrected chi connectivity index (χ1v) is 8.35. The lowest BCUT2D eigenvalue weighted by atomic mass is 10.00. The molecule has 0 atom stereocenters. The predicted molar refractivity (Wildman–Crippen MR) is 84.9 cm³/mol. The van der Waals surface area contributed by atoms with Crippen molar-refractivity contribution in [2.45, 2.75) is 51.5 Å². The van der Waals surface area contributed by atoms with E-state index >= 15 is 0 Å². The standard InChI is InChI=1S/C16H26N4O/c1-2-14-17-15(12-16(21)18-14)20-10-6-13(7-11-20)19-8-4-3-5-9-19/h12-13H,2-11H2,1H3,(H,17,18,21). The summed E-state index contributed by atoms with van der Waals surface area (Å²) in [7, 11) is 0. The molecule has 3 heterocycles. The number of likely N-dealkylation sites (tertiary alicyclic amines) is 1. The van der Waals surface area contributed by atoms with E-state index in [1.165, 1.54) is 45.2 Å². The van der Waals surface area contributed by atoms with Crippen LogP contribution in [0.25, 0.3) is 0 Å². The van der Waals surface area contributed by atoms with Crippen molar-refractivity contribution in [3.05, 3.63) is 22.2 Å². The molecule has 0 amide bonds. The molecule has 0 bridgehead atoms. The van der Waals surface area contributed by atoms with Crippen molar-refractivity contribution in [3.8, 4) is 0 Å². The molecule has 3 rings (SSSR count). The van der Waals surface area contributed by atoms with Crippen molar-refractivity contribution in [1.82, 2.24) is 14.9 Å². The minimum absolute atomic E-state index is 0.0324. The van der Waals surface area contributed by atoms with Gasteiger partial charge in [-0.3, -0.25) is 4.79 Å². The minimum Gasteiger partial charge on any atom is -0.356 e. The summed E-state index contributed by atoms with van der Waals surface area (Å²) in [6.45, 7) is 6.59. The van der Waals surface area contributed by atoms with E-state index in [0.29, 0.717) is 0 Å². The summed E-state index contributed by atoms with van der Waals surface area (Å²) in [6.07, 6.45) is 7.26. The molecule has 1 aromatic rings. The van der Waals surface area contributed by atoms with Gasteiger partial charge in [0.15, 0.2) is 0 Å². The van der Waals surface area contributed by atoms with Gasteiger partial charge < -0.3 is 14.8 Å². The predicted octanol–water partition coefficient (Wildman–Crippen LogP) is 1.79. The lowest BCUT2D eigenvalue weighted by molar-refractivity contribution is 0.141. The Morgan fingerprint density at radius 3 is 2.57 bits per heavy atom. The van der Waals surface area contributed by atoms with Crippen LogP contribution in [0.1, 0.15) is 44.9 Å². The van der Waals surface area contributed by atoms with Crippen LogP contribution in [-0.4, -0.2) is 47.1 Å². The van der Waals surface area contributed by atoms with E-state index in [2.05, 4.69) is 19.8 Å². The molecule has 0 aliphatic carbocycles. The highest BCUT2D eigenvalue weighted by Crippen LogP contribution is 2.23. The summed E-state index contributed by atoms with van der Waals surface area (Å²) >= 11 is 0. The Morgan fingerprint density at radius 2 is 1.90 bits per heavy atom. The summed E-state index contributed by atoms with van der Waals surface area (Å²) in [6, 6.07) is 2.37. The van der Waals surface area contributed by atoms with Crippen molar-refractivity contribution in [2.24, 2.45) is 0 Å². The van der Waals surface area contributed by atoms with E-state index in [9.17, 15) is 4.79 Å². The van der Waals surface area contributed by atoms with E-state index in [0.717, 1.165) is 37.2 Å².